The molecule has 0 aromatic heterocycles. The Morgan fingerprint density at radius 3 is 1.96 bits per heavy atom. The van der Waals surface area contributed by atoms with E-state index in [0.717, 1.165) is 5.56 Å². The van der Waals surface area contributed by atoms with Crippen LogP contribution in [0.2, 0.25) is 0 Å². The minimum Gasteiger partial charge on any atom is -0.369 e. The molecule has 128 valence electrons. The highest BCUT2D eigenvalue weighted by atomic mass is 16.2. The first-order chi connectivity index (χ1) is 11.0. The number of nitrogens with two attached hydrogens (primary N) is 1. The van der Waals surface area contributed by atoms with Crippen LogP contribution in [0.5, 0.6) is 0 Å². The molecule has 0 spiro atoms. The Labute approximate surface area is 139 Å². The number of anilines is 1. The van der Waals surface area contributed by atoms with Gasteiger partial charge in [-0.3, -0.25) is 9.59 Å². The van der Waals surface area contributed by atoms with Gasteiger partial charge in [0.2, 0.25) is 11.8 Å². The summed E-state index contributed by atoms with van der Waals surface area (Å²) in [4.78, 5) is 22.9. The van der Waals surface area contributed by atoms with Crippen LogP contribution in [0.4, 0.5) is 5.69 Å². The number of rotatable bonds is 7. The Kier molecular flexibility index (Phi) is 7.79. The molecular formula is C19H30N2O2. The van der Waals surface area contributed by atoms with Crippen LogP contribution >= 0.6 is 0 Å². The van der Waals surface area contributed by atoms with Gasteiger partial charge >= 0.3 is 0 Å². The predicted molar refractivity (Wildman–Crippen MR) is 95.1 cm³/mol. The third-order valence-electron chi connectivity index (χ3n) is 4.17. The summed E-state index contributed by atoms with van der Waals surface area (Å²) in [6.07, 6.45) is 8.12. The van der Waals surface area contributed by atoms with E-state index in [4.69, 9.17) is 5.73 Å². The monoisotopic (exact) mass is 318 g/mol. The predicted octanol–water partition coefficient (Wildman–Crippen LogP) is 4.18. The van der Waals surface area contributed by atoms with E-state index in [0.29, 0.717) is 18.5 Å². The molecular weight excluding hydrogens is 288 g/mol. The molecule has 0 unspecified atom stereocenters. The zero-order valence-electron chi connectivity index (χ0n) is 14.7. The maximum absolute atomic E-state index is 11.8. The summed E-state index contributed by atoms with van der Waals surface area (Å²) in [6, 6.07) is 7.42. The number of hydrogen-bond donors (Lipinski definition) is 2. The number of aryl methyl sites for hydroxylation is 1. The second-order valence-electron chi connectivity index (χ2n) is 6.33. The first kappa shape index (κ1) is 19.2. The summed E-state index contributed by atoms with van der Waals surface area (Å²) in [5.41, 5.74) is 6.07. The second kappa shape index (κ2) is 9.33. The molecule has 2 amide bonds. The average Bonchev–Trinajstić information content (AvgIpc) is 3.33. The number of amides is 2. The fourth-order valence-electron chi connectivity index (χ4n) is 2.27. The zero-order valence-corrected chi connectivity index (χ0v) is 14.7. The number of primary amides is 1. The Hall–Kier alpha value is -1.84. The molecule has 0 radical (unpaired) electrons. The van der Waals surface area contributed by atoms with E-state index in [2.05, 4.69) is 19.2 Å². The van der Waals surface area contributed by atoms with Gasteiger partial charge in [0.15, 0.2) is 0 Å². The van der Waals surface area contributed by atoms with Gasteiger partial charge in [-0.2, -0.15) is 0 Å². The minimum atomic E-state index is -0.953. The molecule has 0 bridgehead atoms. The molecule has 2 rings (SSSR count). The summed E-state index contributed by atoms with van der Waals surface area (Å²) >= 11 is 0. The molecule has 1 aromatic rings. The Bertz CT molecular complexity index is 501. The summed E-state index contributed by atoms with van der Waals surface area (Å²) in [5, 5.41) is 2.71. The number of hydrogen-bond acceptors (Lipinski definition) is 2. The van der Waals surface area contributed by atoms with Crippen molar-refractivity contribution in [1.29, 1.82) is 0 Å². The van der Waals surface area contributed by atoms with Crippen molar-refractivity contribution in [3.8, 4) is 0 Å². The van der Waals surface area contributed by atoms with E-state index in [1.54, 1.807) is 0 Å². The summed E-state index contributed by atoms with van der Waals surface area (Å²) in [5.74, 6) is -0.819. The van der Waals surface area contributed by atoms with Crippen molar-refractivity contribution in [1.82, 2.24) is 0 Å². The van der Waals surface area contributed by atoms with Gasteiger partial charge in [-0.1, -0.05) is 63.6 Å². The molecule has 0 saturated heterocycles. The second-order valence-corrected chi connectivity index (χ2v) is 6.33. The van der Waals surface area contributed by atoms with E-state index in [-0.39, 0.29) is 5.91 Å². The molecule has 1 aromatic carbocycles. The molecule has 0 atom stereocenters. The molecule has 0 aliphatic heterocycles. The molecule has 23 heavy (non-hydrogen) atoms. The maximum Gasteiger partial charge on any atom is 0.240 e. The van der Waals surface area contributed by atoms with Gasteiger partial charge in [0.05, 0.1) is 0 Å². The van der Waals surface area contributed by atoms with Crippen LogP contribution in [0.25, 0.3) is 0 Å². The SMILES string of the molecule is CCCCCCC.Cc1ccc(NC(=O)C2(C(N)=O)CC2)cc1. The van der Waals surface area contributed by atoms with Crippen molar-refractivity contribution in [3.05, 3.63) is 29.8 Å². The van der Waals surface area contributed by atoms with E-state index in [1.807, 2.05) is 31.2 Å². The standard InChI is InChI=1S/C12H14N2O2.C7H16/c1-8-2-4-9(5-3-8)14-11(16)12(6-7-12)10(13)15;1-3-5-7-6-4-2/h2-5H,6-7H2,1H3,(H2,13,15)(H,14,16);3-7H2,1-2H3. The first-order valence-electron chi connectivity index (χ1n) is 8.64. The van der Waals surface area contributed by atoms with Crippen molar-refractivity contribution < 1.29 is 9.59 Å². The maximum atomic E-state index is 11.8. The largest absolute Gasteiger partial charge is 0.369 e. The molecule has 4 heteroatoms. The van der Waals surface area contributed by atoms with Crippen molar-refractivity contribution in [2.24, 2.45) is 11.1 Å². The highest BCUT2D eigenvalue weighted by molar-refractivity contribution is 6.12. The quantitative estimate of drug-likeness (QED) is 0.585. The Morgan fingerprint density at radius 1 is 1.04 bits per heavy atom. The fourth-order valence-corrected chi connectivity index (χ4v) is 2.27. The molecule has 1 fully saturated rings. The lowest BCUT2D eigenvalue weighted by atomic mass is 10.1. The van der Waals surface area contributed by atoms with Gasteiger partial charge in [-0.25, -0.2) is 0 Å². The number of benzene rings is 1. The average molecular weight is 318 g/mol. The molecule has 0 heterocycles. The van der Waals surface area contributed by atoms with Crippen molar-refractivity contribution in [2.75, 3.05) is 5.32 Å². The summed E-state index contributed by atoms with van der Waals surface area (Å²) in [6.45, 7) is 6.46. The van der Waals surface area contributed by atoms with E-state index >= 15 is 0 Å². The van der Waals surface area contributed by atoms with Gasteiger partial charge < -0.3 is 11.1 Å². The van der Waals surface area contributed by atoms with Crippen LogP contribution in [0.15, 0.2) is 24.3 Å². The third-order valence-corrected chi connectivity index (χ3v) is 4.17. The van der Waals surface area contributed by atoms with Crippen LogP contribution in [-0.4, -0.2) is 11.8 Å². The summed E-state index contributed by atoms with van der Waals surface area (Å²) in [7, 11) is 0. The van der Waals surface area contributed by atoms with E-state index in [1.165, 1.54) is 32.1 Å². The number of nitrogens with one attached hydrogen (secondary N) is 1. The zero-order chi connectivity index (χ0) is 17.3. The molecule has 1 saturated carbocycles. The van der Waals surface area contributed by atoms with E-state index in [9.17, 15) is 9.59 Å². The normalized spacial score (nSPS) is 14.4. The first-order valence-corrected chi connectivity index (χ1v) is 8.64. The molecule has 1 aliphatic rings. The fraction of sp³-hybridized carbons (Fsp3) is 0.579. The molecule has 3 N–H and O–H groups in total. The third kappa shape index (κ3) is 6.05. The molecule has 4 nitrogen and oxygen atoms in total. The van der Waals surface area contributed by atoms with Crippen LogP contribution in [0.1, 0.15) is 64.4 Å². The minimum absolute atomic E-state index is 0.288. The van der Waals surface area contributed by atoms with Crippen LogP contribution in [0, 0.1) is 12.3 Å². The van der Waals surface area contributed by atoms with Crippen molar-refractivity contribution >= 4 is 17.5 Å². The highest BCUT2D eigenvalue weighted by Crippen LogP contribution is 2.46. The summed E-state index contributed by atoms with van der Waals surface area (Å²) < 4.78 is 0. The van der Waals surface area contributed by atoms with Crippen LogP contribution < -0.4 is 11.1 Å². The lowest BCUT2D eigenvalue weighted by Crippen LogP contribution is -2.36. The van der Waals surface area contributed by atoms with Gasteiger partial charge in [0.25, 0.3) is 0 Å². The van der Waals surface area contributed by atoms with Gasteiger partial charge in [-0.05, 0) is 31.9 Å². The number of unbranched alkanes of at least 4 members (excludes halogenated alkanes) is 4. The van der Waals surface area contributed by atoms with Gasteiger partial charge in [0.1, 0.15) is 5.41 Å². The Morgan fingerprint density at radius 2 is 1.57 bits per heavy atom. The van der Waals surface area contributed by atoms with Crippen molar-refractivity contribution in [3.63, 3.8) is 0 Å². The lowest BCUT2D eigenvalue weighted by molar-refractivity contribution is -0.132. The van der Waals surface area contributed by atoms with E-state index < -0.39 is 11.3 Å². The topological polar surface area (TPSA) is 72.2 Å². The van der Waals surface area contributed by atoms with Crippen LogP contribution in [0.3, 0.4) is 0 Å². The van der Waals surface area contributed by atoms with Crippen molar-refractivity contribution in [2.45, 2.75) is 65.7 Å². The Balaban J connectivity index is 0.000000322. The highest BCUT2D eigenvalue weighted by Gasteiger charge is 2.55. The molecule has 1 aliphatic carbocycles. The smallest absolute Gasteiger partial charge is 0.240 e. The van der Waals surface area contributed by atoms with Crippen LogP contribution in [-0.2, 0) is 9.59 Å². The van der Waals surface area contributed by atoms with Gasteiger partial charge in [-0.15, -0.1) is 0 Å². The lowest BCUT2D eigenvalue weighted by Gasteiger charge is -2.11. The van der Waals surface area contributed by atoms with Gasteiger partial charge in [0, 0.05) is 5.69 Å². The number of carbonyl (C=O) groups is 2. The number of carbonyl (C=O) groups excluding carboxylic acids is 2.